The van der Waals surface area contributed by atoms with Crippen LogP contribution in [-0.2, 0) is 5.41 Å². The molecule has 1 heterocycles. The van der Waals surface area contributed by atoms with Crippen molar-refractivity contribution in [3.8, 4) is 22.6 Å². The molecule has 154 valence electrons. The van der Waals surface area contributed by atoms with E-state index < -0.39 is 15.9 Å². The van der Waals surface area contributed by atoms with Gasteiger partial charge in [-0.25, -0.2) is 0 Å². The van der Waals surface area contributed by atoms with Crippen LogP contribution >= 0.6 is 23.2 Å². The van der Waals surface area contributed by atoms with Gasteiger partial charge in [-0.2, -0.15) is 0 Å². The zero-order chi connectivity index (χ0) is 22.0. The van der Waals surface area contributed by atoms with E-state index in [2.05, 4.69) is 24.3 Å². The lowest BCUT2D eigenvalue weighted by Crippen LogP contribution is -2.32. The van der Waals surface area contributed by atoms with Gasteiger partial charge in [0.2, 0.25) is 0 Å². The van der Waals surface area contributed by atoms with Crippen molar-refractivity contribution in [2.75, 3.05) is 0 Å². The molecule has 0 aromatic heterocycles. The minimum atomic E-state index is -0.669. The van der Waals surface area contributed by atoms with Gasteiger partial charge in [-0.05, 0) is 69.7 Å². The molecule has 0 amide bonds. The van der Waals surface area contributed by atoms with Gasteiger partial charge >= 0.3 is 0 Å². The van der Waals surface area contributed by atoms with Crippen LogP contribution in [0.5, 0.6) is 11.5 Å². The van der Waals surface area contributed by atoms with Gasteiger partial charge in [-0.15, -0.1) is 0 Å². The Hall–Kier alpha value is -3.40. The smallest absolute Gasteiger partial charge is 0.252 e. The van der Waals surface area contributed by atoms with E-state index >= 15 is 0 Å². The maximum Gasteiger partial charge on any atom is 0.252 e. The molecule has 1 aliphatic carbocycles. The predicted molar refractivity (Wildman–Crippen MR) is 124 cm³/mol. The molecule has 1 spiro atoms. The largest absolute Gasteiger partial charge is 0.457 e. The summed E-state index contributed by atoms with van der Waals surface area (Å²) in [5.74, 6) is 1.05. The van der Waals surface area contributed by atoms with Crippen molar-refractivity contribution in [2.24, 2.45) is 0 Å². The molecule has 4 aromatic rings. The number of carbonyl (C=O) groups excluding carboxylic acids is 2. The summed E-state index contributed by atoms with van der Waals surface area (Å²) in [6.07, 6.45) is 0. The van der Waals surface area contributed by atoms with Crippen molar-refractivity contribution in [1.82, 2.24) is 0 Å². The van der Waals surface area contributed by atoms with Gasteiger partial charge in [0.1, 0.15) is 11.5 Å². The number of hydrogen-bond acceptors (Lipinski definition) is 3. The molecule has 0 saturated carbocycles. The number of rotatable bonds is 2. The topological polar surface area (TPSA) is 43.4 Å². The summed E-state index contributed by atoms with van der Waals surface area (Å²) in [4.78, 5) is 23.8. The lowest BCUT2D eigenvalue weighted by Gasteiger charge is -2.39. The Labute approximate surface area is 194 Å². The van der Waals surface area contributed by atoms with Crippen molar-refractivity contribution in [3.63, 3.8) is 0 Å². The Morgan fingerprint density at radius 1 is 0.594 bits per heavy atom. The molecule has 2 aliphatic rings. The molecule has 0 unspecified atom stereocenters. The van der Waals surface area contributed by atoms with E-state index in [-0.39, 0.29) is 0 Å². The lowest BCUT2D eigenvalue weighted by atomic mass is 9.66. The Morgan fingerprint density at radius 2 is 1.03 bits per heavy atom. The molecule has 3 nitrogen and oxygen atoms in total. The van der Waals surface area contributed by atoms with E-state index in [1.165, 1.54) is 0 Å². The monoisotopic (exact) mass is 456 g/mol. The summed E-state index contributed by atoms with van der Waals surface area (Å²) in [6, 6.07) is 27.2. The molecule has 0 bridgehead atoms. The van der Waals surface area contributed by atoms with E-state index in [1.54, 1.807) is 24.3 Å². The second-order valence-corrected chi connectivity index (χ2v) is 8.60. The Morgan fingerprint density at radius 3 is 1.47 bits per heavy atom. The average Bonchev–Trinajstić information content (AvgIpc) is 3.10. The summed E-state index contributed by atoms with van der Waals surface area (Å²) in [6.45, 7) is 0. The van der Waals surface area contributed by atoms with Crippen LogP contribution in [0.2, 0.25) is 0 Å². The highest BCUT2D eigenvalue weighted by Gasteiger charge is 2.51. The Kier molecular flexibility index (Phi) is 4.10. The summed E-state index contributed by atoms with van der Waals surface area (Å²) in [5, 5.41) is -1.12. The molecule has 0 N–H and O–H groups in total. The van der Waals surface area contributed by atoms with Crippen LogP contribution < -0.4 is 4.74 Å². The molecule has 5 heteroatoms. The molecule has 0 atom stereocenters. The third-order valence-electron chi connectivity index (χ3n) is 6.40. The van der Waals surface area contributed by atoms with Gasteiger partial charge in [-0.1, -0.05) is 60.7 Å². The zero-order valence-corrected chi connectivity index (χ0v) is 18.1. The standard InChI is InChI=1S/C27H14Cl2O3/c28-25(30)15-9-11-21-23(13-15)32-24-14-16(26(29)31)10-12-22(24)27(21)19-7-3-1-5-17(19)18-6-2-4-8-20(18)27/h1-14H. The number of fused-ring (bicyclic) bond motifs is 9. The van der Waals surface area contributed by atoms with Crippen LogP contribution in [0.4, 0.5) is 0 Å². The first-order chi connectivity index (χ1) is 15.5. The quantitative estimate of drug-likeness (QED) is 0.265. The van der Waals surface area contributed by atoms with Crippen molar-refractivity contribution in [3.05, 3.63) is 118 Å². The first kappa shape index (κ1) is 19.3. The number of hydrogen-bond donors (Lipinski definition) is 0. The molecule has 0 fully saturated rings. The number of carbonyl (C=O) groups is 2. The maximum absolute atomic E-state index is 11.9. The van der Waals surface area contributed by atoms with Gasteiger partial charge in [0.15, 0.2) is 0 Å². The Balaban J connectivity index is 1.78. The van der Waals surface area contributed by atoms with Crippen LogP contribution in [0.15, 0.2) is 84.9 Å². The molecule has 32 heavy (non-hydrogen) atoms. The van der Waals surface area contributed by atoms with Crippen LogP contribution in [0, 0.1) is 0 Å². The second-order valence-electron chi connectivity index (χ2n) is 7.91. The summed E-state index contributed by atoms with van der Waals surface area (Å²) < 4.78 is 6.25. The highest BCUT2D eigenvalue weighted by Crippen LogP contribution is 2.62. The fourth-order valence-corrected chi connectivity index (χ4v) is 5.39. The van der Waals surface area contributed by atoms with E-state index in [9.17, 15) is 9.59 Å². The number of benzene rings is 4. The van der Waals surface area contributed by atoms with Gasteiger partial charge in [0.05, 0.1) is 5.41 Å². The molecular weight excluding hydrogens is 443 g/mol. The van der Waals surface area contributed by atoms with E-state index in [0.717, 1.165) is 33.4 Å². The first-order valence-corrected chi connectivity index (χ1v) is 10.8. The third-order valence-corrected chi connectivity index (χ3v) is 6.83. The predicted octanol–water partition coefficient (Wildman–Crippen LogP) is 6.91. The lowest BCUT2D eigenvalue weighted by molar-refractivity contribution is 0.107. The third kappa shape index (κ3) is 2.44. The first-order valence-electron chi connectivity index (χ1n) is 10.1. The zero-order valence-electron chi connectivity index (χ0n) is 16.6. The SMILES string of the molecule is O=C(Cl)c1ccc2c(c1)Oc1cc(C(=O)Cl)ccc1C21c2ccccc2-c2ccccc21. The normalized spacial score (nSPS) is 14.1. The molecule has 4 aromatic carbocycles. The molecule has 0 radical (unpaired) electrons. The molecule has 0 saturated heterocycles. The maximum atomic E-state index is 11.9. The minimum Gasteiger partial charge on any atom is -0.457 e. The average molecular weight is 457 g/mol. The Bertz CT molecular complexity index is 1360. The van der Waals surface area contributed by atoms with E-state index in [0.29, 0.717) is 22.6 Å². The second kappa shape index (κ2) is 6.80. The molecule has 6 rings (SSSR count). The van der Waals surface area contributed by atoms with Gasteiger partial charge < -0.3 is 4.74 Å². The fraction of sp³-hybridized carbons (Fsp3) is 0.0370. The van der Waals surface area contributed by atoms with Crippen molar-refractivity contribution < 1.29 is 14.3 Å². The van der Waals surface area contributed by atoms with Gasteiger partial charge in [0, 0.05) is 22.3 Å². The van der Waals surface area contributed by atoms with Crippen molar-refractivity contribution >= 4 is 33.7 Å². The van der Waals surface area contributed by atoms with E-state index in [4.69, 9.17) is 27.9 Å². The highest BCUT2D eigenvalue weighted by molar-refractivity contribution is 6.68. The van der Waals surface area contributed by atoms with Crippen LogP contribution in [0.1, 0.15) is 43.0 Å². The number of ether oxygens (including phenoxy) is 1. The molecule has 1 aliphatic heterocycles. The van der Waals surface area contributed by atoms with Crippen LogP contribution in [0.3, 0.4) is 0 Å². The van der Waals surface area contributed by atoms with Crippen LogP contribution in [0.25, 0.3) is 11.1 Å². The molecular formula is C27H14Cl2O3. The highest BCUT2D eigenvalue weighted by atomic mass is 35.5. The number of halogens is 2. The summed E-state index contributed by atoms with van der Waals surface area (Å²) in [7, 11) is 0. The van der Waals surface area contributed by atoms with Crippen molar-refractivity contribution in [1.29, 1.82) is 0 Å². The summed E-state index contributed by atoms with van der Waals surface area (Å²) >= 11 is 11.5. The van der Waals surface area contributed by atoms with Crippen molar-refractivity contribution in [2.45, 2.75) is 5.41 Å². The minimum absolute atomic E-state index is 0.341. The summed E-state index contributed by atoms with van der Waals surface area (Å²) in [5.41, 5.74) is 6.33. The van der Waals surface area contributed by atoms with Gasteiger partial charge in [-0.3, -0.25) is 9.59 Å². The van der Waals surface area contributed by atoms with E-state index in [1.807, 2.05) is 36.4 Å². The van der Waals surface area contributed by atoms with Crippen LogP contribution in [-0.4, -0.2) is 10.5 Å². The fourth-order valence-electron chi connectivity index (χ4n) is 5.16. The van der Waals surface area contributed by atoms with Gasteiger partial charge in [0.25, 0.3) is 10.5 Å².